The summed E-state index contributed by atoms with van der Waals surface area (Å²) >= 11 is 0. The van der Waals surface area contributed by atoms with Crippen LogP contribution in [0, 0.1) is 0 Å². The summed E-state index contributed by atoms with van der Waals surface area (Å²) in [4.78, 5) is 13.3. The first-order chi connectivity index (χ1) is 7.76. The number of nitrogens with one attached hydrogen (secondary N) is 1. The molecule has 16 heavy (non-hydrogen) atoms. The second-order valence-corrected chi connectivity index (χ2v) is 4.20. The fourth-order valence-corrected chi connectivity index (χ4v) is 1.99. The van der Waals surface area contributed by atoms with Gasteiger partial charge in [-0.1, -0.05) is 6.92 Å². The lowest BCUT2D eigenvalue weighted by atomic mass is 10.2. The first-order valence-corrected chi connectivity index (χ1v) is 6.09. The van der Waals surface area contributed by atoms with E-state index < -0.39 is 0 Å². The van der Waals surface area contributed by atoms with Crippen LogP contribution in [0.1, 0.15) is 32.6 Å². The smallest absolute Gasteiger partial charge is 0.233 e. The maximum atomic E-state index is 10.9. The Labute approximate surface area is 97.3 Å². The number of nitrogens with zero attached hydrogens (tertiary/aromatic N) is 1. The second-order valence-electron chi connectivity index (χ2n) is 4.20. The largest absolute Gasteiger partial charge is 0.377 e. The van der Waals surface area contributed by atoms with E-state index in [-0.39, 0.29) is 5.91 Å². The zero-order valence-corrected chi connectivity index (χ0v) is 10.1. The summed E-state index contributed by atoms with van der Waals surface area (Å²) in [5, 5.41) is 0. The molecule has 0 bridgehead atoms. The molecule has 1 aliphatic heterocycles. The van der Waals surface area contributed by atoms with Crippen LogP contribution in [0.2, 0.25) is 0 Å². The van der Waals surface area contributed by atoms with E-state index in [9.17, 15) is 4.79 Å². The molecule has 1 amide bonds. The van der Waals surface area contributed by atoms with Gasteiger partial charge >= 0.3 is 0 Å². The highest BCUT2D eigenvalue weighted by Gasteiger charge is 2.18. The number of amides is 1. The average Bonchev–Trinajstić information content (AvgIpc) is 2.80. The molecule has 1 rings (SSSR count). The van der Waals surface area contributed by atoms with Crippen LogP contribution in [-0.4, -0.2) is 43.2 Å². The summed E-state index contributed by atoms with van der Waals surface area (Å²) in [6.07, 6.45) is 4.09. The van der Waals surface area contributed by atoms with Gasteiger partial charge in [0.15, 0.2) is 0 Å². The number of likely N-dealkylation sites (N-methyl/N-ethyl adjacent to an activating group) is 1. The van der Waals surface area contributed by atoms with Gasteiger partial charge in [0.1, 0.15) is 0 Å². The lowest BCUT2D eigenvalue weighted by Gasteiger charge is -2.23. The fourth-order valence-electron chi connectivity index (χ4n) is 1.99. The van der Waals surface area contributed by atoms with Crippen LogP contribution < -0.4 is 11.3 Å². The minimum atomic E-state index is -0.0897. The molecule has 1 heterocycles. The van der Waals surface area contributed by atoms with Gasteiger partial charge in [-0.3, -0.25) is 10.2 Å². The van der Waals surface area contributed by atoms with Crippen molar-refractivity contribution in [3.8, 4) is 0 Å². The van der Waals surface area contributed by atoms with Crippen molar-refractivity contribution in [2.75, 3.05) is 26.2 Å². The third-order valence-corrected chi connectivity index (χ3v) is 2.97. The molecule has 1 fully saturated rings. The molecular formula is C11H23N3O2. The summed E-state index contributed by atoms with van der Waals surface area (Å²) in [7, 11) is 0. The van der Waals surface area contributed by atoms with Crippen LogP contribution >= 0.6 is 0 Å². The minimum absolute atomic E-state index is 0.0897. The highest BCUT2D eigenvalue weighted by atomic mass is 16.5. The Bertz CT molecular complexity index is 205. The number of rotatable bonds is 7. The van der Waals surface area contributed by atoms with Gasteiger partial charge < -0.3 is 9.64 Å². The molecule has 94 valence electrons. The molecule has 1 unspecified atom stereocenters. The zero-order chi connectivity index (χ0) is 11.8. The van der Waals surface area contributed by atoms with Crippen molar-refractivity contribution >= 4 is 5.91 Å². The van der Waals surface area contributed by atoms with Crippen LogP contribution in [0.15, 0.2) is 0 Å². The quantitative estimate of drug-likeness (QED) is 0.373. The summed E-state index contributed by atoms with van der Waals surface area (Å²) in [5.74, 6) is 4.93. The van der Waals surface area contributed by atoms with E-state index in [0.717, 1.165) is 32.7 Å². The molecule has 3 N–H and O–H groups in total. The monoisotopic (exact) mass is 229 g/mol. The van der Waals surface area contributed by atoms with Gasteiger partial charge in [-0.15, -0.1) is 0 Å². The SMILES string of the molecule is CCN(CCCC(=O)NN)CC1CCCO1. The number of ether oxygens (including phenoxy) is 1. The van der Waals surface area contributed by atoms with E-state index >= 15 is 0 Å². The van der Waals surface area contributed by atoms with E-state index in [1.54, 1.807) is 0 Å². The second kappa shape index (κ2) is 7.60. The molecular weight excluding hydrogens is 206 g/mol. The molecule has 0 aliphatic carbocycles. The van der Waals surface area contributed by atoms with Gasteiger partial charge in [0, 0.05) is 19.6 Å². The molecule has 0 radical (unpaired) electrons. The average molecular weight is 229 g/mol. The summed E-state index contributed by atoms with van der Waals surface area (Å²) < 4.78 is 5.59. The first kappa shape index (κ1) is 13.4. The van der Waals surface area contributed by atoms with E-state index in [4.69, 9.17) is 10.6 Å². The molecule has 0 spiro atoms. The molecule has 5 nitrogen and oxygen atoms in total. The predicted molar refractivity (Wildman–Crippen MR) is 62.7 cm³/mol. The van der Waals surface area contributed by atoms with Crippen LogP contribution in [0.5, 0.6) is 0 Å². The van der Waals surface area contributed by atoms with Crippen molar-refractivity contribution in [2.24, 2.45) is 5.84 Å². The first-order valence-electron chi connectivity index (χ1n) is 6.09. The maximum absolute atomic E-state index is 10.9. The number of hydrogen-bond donors (Lipinski definition) is 2. The lowest BCUT2D eigenvalue weighted by molar-refractivity contribution is -0.121. The molecule has 1 atom stereocenters. The maximum Gasteiger partial charge on any atom is 0.233 e. The lowest BCUT2D eigenvalue weighted by Crippen LogP contribution is -2.34. The number of hydrogen-bond acceptors (Lipinski definition) is 4. The van der Waals surface area contributed by atoms with Gasteiger partial charge in [-0.2, -0.15) is 0 Å². The predicted octanol–water partition coefficient (Wildman–Crippen LogP) is 0.257. The highest BCUT2D eigenvalue weighted by Crippen LogP contribution is 2.13. The van der Waals surface area contributed by atoms with E-state index in [1.807, 2.05) is 0 Å². The standard InChI is InChI=1S/C11H23N3O2/c1-2-14(7-3-6-11(15)13-12)9-10-5-4-8-16-10/h10H,2-9,12H2,1H3,(H,13,15). The van der Waals surface area contributed by atoms with Gasteiger partial charge in [-0.25, -0.2) is 5.84 Å². The Hall–Kier alpha value is -0.650. The number of nitrogens with two attached hydrogens (primary N) is 1. The normalized spacial score (nSPS) is 20.3. The van der Waals surface area contributed by atoms with Crippen molar-refractivity contribution in [3.63, 3.8) is 0 Å². The summed E-state index contributed by atoms with van der Waals surface area (Å²) in [6.45, 7) is 5.96. The Kier molecular flexibility index (Phi) is 6.37. The Balaban J connectivity index is 2.13. The molecule has 5 heteroatoms. The van der Waals surface area contributed by atoms with Gasteiger partial charge in [-0.05, 0) is 32.4 Å². The molecule has 1 aliphatic rings. The molecule has 1 saturated heterocycles. The van der Waals surface area contributed by atoms with Crippen LogP contribution in [0.25, 0.3) is 0 Å². The number of carbonyl (C=O) groups excluding carboxylic acids is 1. The van der Waals surface area contributed by atoms with Crippen molar-refractivity contribution in [1.29, 1.82) is 0 Å². The van der Waals surface area contributed by atoms with Crippen molar-refractivity contribution in [1.82, 2.24) is 10.3 Å². The van der Waals surface area contributed by atoms with E-state index in [0.29, 0.717) is 12.5 Å². The van der Waals surface area contributed by atoms with Crippen LogP contribution in [-0.2, 0) is 9.53 Å². The third kappa shape index (κ3) is 4.92. The van der Waals surface area contributed by atoms with Crippen molar-refractivity contribution in [3.05, 3.63) is 0 Å². The number of carbonyl (C=O) groups is 1. The third-order valence-electron chi connectivity index (χ3n) is 2.97. The minimum Gasteiger partial charge on any atom is -0.377 e. The van der Waals surface area contributed by atoms with Gasteiger partial charge in [0.05, 0.1) is 6.10 Å². The van der Waals surface area contributed by atoms with Gasteiger partial charge in [0.2, 0.25) is 5.91 Å². The Morgan fingerprint density at radius 3 is 3.00 bits per heavy atom. The summed E-state index contributed by atoms with van der Waals surface area (Å²) in [6, 6.07) is 0. The Morgan fingerprint density at radius 1 is 1.62 bits per heavy atom. The Morgan fingerprint density at radius 2 is 2.44 bits per heavy atom. The van der Waals surface area contributed by atoms with Crippen molar-refractivity contribution < 1.29 is 9.53 Å². The van der Waals surface area contributed by atoms with E-state index in [2.05, 4.69) is 17.2 Å². The molecule has 0 aromatic rings. The molecule has 0 saturated carbocycles. The fraction of sp³-hybridized carbons (Fsp3) is 0.909. The highest BCUT2D eigenvalue weighted by molar-refractivity contribution is 5.75. The van der Waals surface area contributed by atoms with Gasteiger partial charge in [0.25, 0.3) is 0 Å². The molecule has 0 aromatic heterocycles. The topological polar surface area (TPSA) is 67.6 Å². The van der Waals surface area contributed by atoms with E-state index in [1.165, 1.54) is 12.8 Å². The van der Waals surface area contributed by atoms with Crippen LogP contribution in [0.4, 0.5) is 0 Å². The summed E-state index contributed by atoms with van der Waals surface area (Å²) in [5.41, 5.74) is 2.15. The van der Waals surface area contributed by atoms with Crippen LogP contribution in [0.3, 0.4) is 0 Å². The number of hydrazine groups is 1. The molecule has 0 aromatic carbocycles. The van der Waals surface area contributed by atoms with Crippen molar-refractivity contribution in [2.45, 2.75) is 38.7 Å². The zero-order valence-electron chi connectivity index (χ0n) is 10.1.